The number of nitrogens with one attached hydrogen (secondary N) is 1. The molecule has 1 rings (SSSR count). The van der Waals surface area contributed by atoms with Crippen molar-refractivity contribution >= 4 is 11.6 Å². The summed E-state index contributed by atoms with van der Waals surface area (Å²) in [4.78, 5) is 4.00. The minimum atomic E-state index is -4.32. The van der Waals surface area contributed by atoms with Crippen LogP contribution in [0.15, 0.2) is 29.3 Å². The standard InChI is InChI=1S/C11H14F3N3/c1-7(2)16-10(15)17-9-5-3-8(4-6-9)11(12,13)14/h3-7H,1-2H3,(H3,15,16,17). The Kier molecular flexibility index (Phi) is 3.98. The van der Waals surface area contributed by atoms with Crippen LogP contribution < -0.4 is 11.1 Å². The Bertz CT molecular complexity index is 393. The summed E-state index contributed by atoms with van der Waals surface area (Å²) in [6, 6.07) is 4.63. The quantitative estimate of drug-likeness (QED) is 0.621. The van der Waals surface area contributed by atoms with Crippen LogP contribution in [-0.2, 0) is 6.18 Å². The maximum atomic E-state index is 12.3. The number of halogens is 3. The van der Waals surface area contributed by atoms with E-state index < -0.39 is 11.7 Å². The molecular weight excluding hydrogens is 231 g/mol. The summed E-state index contributed by atoms with van der Waals surface area (Å²) in [5.74, 6) is 0.180. The number of nitrogens with two attached hydrogens (primary N) is 1. The summed E-state index contributed by atoms with van der Waals surface area (Å²) < 4.78 is 36.9. The highest BCUT2D eigenvalue weighted by atomic mass is 19.4. The van der Waals surface area contributed by atoms with Crippen molar-refractivity contribution in [3.63, 3.8) is 0 Å². The van der Waals surface area contributed by atoms with Gasteiger partial charge in [-0.15, -0.1) is 0 Å². The Morgan fingerprint density at radius 1 is 1.24 bits per heavy atom. The zero-order chi connectivity index (χ0) is 13.1. The average molecular weight is 245 g/mol. The molecule has 1 aromatic carbocycles. The van der Waals surface area contributed by atoms with E-state index in [0.29, 0.717) is 5.69 Å². The lowest BCUT2D eigenvalue weighted by molar-refractivity contribution is -0.137. The molecule has 0 aliphatic heterocycles. The fourth-order valence-electron chi connectivity index (χ4n) is 1.20. The fourth-order valence-corrected chi connectivity index (χ4v) is 1.20. The molecule has 1 aromatic rings. The lowest BCUT2D eigenvalue weighted by Crippen LogP contribution is -2.24. The van der Waals surface area contributed by atoms with Crippen LogP contribution in [0.4, 0.5) is 18.9 Å². The van der Waals surface area contributed by atoms with Gasteiger partial charge in [0.2, 0.25) is 0 Å². The van der Waals surface area contributed by atoms with Crippen LogP contribution in [-0.4, -0.2) is 12.0 Å². The Balaban J connectivity index is 2.76. The van der Waals surface area contributed by atoms with E-state index in [9.17, 15) is 13.2 Å². The van der Waals surface area contributed by atoms with E-state index in [1.54, 1.807) is 0 Å². The highest BCUT2D eigenvalue weighted by Gasteiger charge is 2.29. The summed E-state index contributed by atoms with van der Waals surface area (Å²) in [5.41, 5.74) is 5.33. The SMILES string of the molecule is CC(C)N=C(N)Nc1ccc(C(F)(F)F)cc1. The van der Waals surface area contributed by atoms with Crippen LogP contribution in [0.3, 0.4) is 0 Å². The molecule has 0 amide bonds. The molecule has 0 unspecified atom stereocenters. The second kappa shape index (κ2) is 5.07. The van der Waals surface area contributed by atoms with Crippen molar-refractivity contribution in [1.82, 2.24) is 0 Å². The van der Waals surface area contributed by atoms with Gasteiger partial charge in [-0.3, -0.25) is 4.99 Å². The van der Waals surface area contributed by atoms with Gasteiger partial charge in [-0.25, -0.2) is 0 Å². The molecule has 0 aromatic heterocycles. The molecule has 0 bridgehead atoms. The van der Waals surface area contributed by atoms with Crippen LogP contribution in [0.5, 0.6) is 0 Å². The molecule has 0 spiro atoms. The third kappa shape index (κ3) is 4.34. The minimum Gasteiger partial charge on any atom is -0.370 e. The number of hydrogen-bond donors (Lipinski definition) is 2. The molecule has 0 radical (unpaired) electrons. The summed E-state index contributed by atoms with van der Waals surface area (Å²) in [5, 5.41) is 2.71. The summed E-state index contributed by atoms with van der Waals surface area (Å²) in [6.07, 6.45) is -4.32. The monoisotopic (exact) mass is 245 g/mol. The first-order valence-corrected chi connectivity index (χ1v) is 5.06. The summed E-state index contributed by atoms with van der Waals surface area (Å²) in [6.45, 7) is 3.70. The molecule has 0 fully saturated rings. The number of hydrogen-bond acceptors (Lipinski definition) is 1. The molecule has 6 heteroatoms. The second-order valence-corrected chi connectivity index (χ2v) is 3.81. The van der Waals surface area contributed by atoms with E-state index in [1.807, 2.05) is 13.8 Å². The van der Waals surface area contributed by atoms with Crippen LogP contribution >= 0.6 is 0 Å². The molecule has 17 heavy (non-hydrogen) atoms. The van der Waals surface area contributed by atoms with E-state index in [1.165, 1.54) is 12.1 Å². The first-order valence-electron chi connectivity index (χ1n) is 5.06. The van der Waals surface area contributed by atoms with Gasteiger partial charge in [0.15, 0.2) is 5.96 Å². The number of anilines is 1. The van der Waals surface area contributed by atoms with Crippen molar-refractivity contribution in [2.75, 3.05) is 5.32 Å². The molecule has 0 saturated carbocycles. The third-order valence-corrected chi connectivity index (χ3v) is 1.88. The maximum Gasteiger partial charge on any atom is 0.416 e. The van der Waals surface area contributed by atoms with Crippen molar-refractivity contribution in [3.8, 4) is 0 Å². The summed E-state index contributed by atoms with van der Waals surface area (Å²) in [7, 11) is 0. The molecule has 0 aliphatic rings. The number of aliphatic imine (C=N–C) groups is 1. The van der Waals surface area contributed by atoms with E-state index in [0.717, 1.165) is 12.1 Å². The van der Waals surface area contributed by atoms with Crippen LogP contribution in [0.25, 0.3) is 0 Å². The number of rotatable bonds is 2. The second-order valence-electron chi connectivity index (χ2n) is 3.81. The summed E-state index contributed by atoms with van der Waals surface area (Å²) >= 11 is 0. The smallest absolute Gasteiger partial charge is 0.370 e. The van der Waals surface area contributed by atoms with Crippen molar-refractivity contribution in [1.29, 1.82) is 0 Å². The Morgan fingerprint density at radius 3 is 2.18 bits per heavy atom. The third-order valence-electron chi connectivity index (χ3n) is 1.88. The van der Waals surface area contributed by atoms with E-state index in [2.05, 4.69) is 10.3 Å². The fraction of sp³-hybridized carbons (Fsp3) is 0.364. The highest BCUT2D eigenvalue weighted by Crippen LogP contribution is 2.29. The molecule has 0 aliphatic carbocycles. The molecule has 0 heterocycles. The first kappa shape index (κ1) is 13.3. The van der Waals surface area contributed by atoms with Crippen molar-refractivity contribution in [2.45, 2.75) is 26.1 Å². The number of guanidine groups is 1. The van der Waals surface area contributed by atoms with Gasteiger partial charge in [0, 0.05) is 11.7 Å². The van der Waals surface area contributed by atoms with Crippen LogP contribution in [0.1, 0.15) is 19.4 Å². The average Bonchev–Trinajstić information content (AvgIpc) is 2.15. The number of alkyl halides is 3. The zero-order valence-corrected chi connectivity index (χ0v) is 9.55. The van der Waals surface area contributed by atoms with Gasteiger partial charge < -0.3 is 11.1 Å². The van der Waals surface area contributed by atoms with Crippen molar-refractivity contribution in [3.05, 3.63) is 29.8 Å². The largest absolute Gasteiger partial charge is 0.416 e. The van der Waals surface area contributed by atoms with Gasteiger partial charge in [0.1, 0.15) is 0 Å². The van der Waals surface area contributed by atoms with E-state index in [4.69, 9.17) is 5.73 Å². The Labute approximate surface area is 97.5 Å². The number of benzene rings is 1. The van der Waals surface area contributed by atoms with Crippen LogP contribution in [0.2, 0.25) is 0 Å². The maximum absolute atomic E-state index is 12.3. The normalized spacial score (nSPS) is 12.9. The molecule has 0 saturated heterocycles. The molecule has 3 N–H and O–H groups in total. The van der Waals surface area contributed by atoms with Crippen molar-refractivity contribution < 1.29 is 13.2 Å². The highest BCUT2D eigenvalue weighted by molar-refractivity contribution is 5.92. The predicted molar refractivity (Wildman–Crippen MR) is 61.8 cm³/mol. The van der Waals surface area contributed by atoms with E-state index >= 15 is 0 Å². The van der Waals surface area contributed by atoms with Gasteiger partial charge in [0.25, 0.3) is 0 Å². The molecular formula is C11H14F3N3. The van der Waals surface area contributed by atoms with Gasteiger partial charge >= 0.3 is 6.18 Å². The molecule has 94 valence electrons. The lowest BCUT2D eigenvalue weighted by Gasteiger charge is -2.09. The topological polar surface area (TPSA) is 50.4 Å². The molecule has 0 atom stereocenters. The van der Waals surface area contributed by atoms with Crippen molar-refractivity contribution in [2.24, 2.45) is 10.7 Å². The van der Waals surface area contributed by atoms with Gasteiger partial charge in [-0.1, -0.05) is 0 Å². The lowest BCUT2D eigenvalue weighted by atomic mass is 10.2. The number of nitrogens with zero attached hydrogens (tertiary/aromatic N) is 1. The Hall–Kier alpha value is -1.72. The minimum absolute atomic E-state index is 0.0250. The predicted octanol–water partition coefficient (Wildman–Crippen LogP) is 2.84. The van der Waals surface area contributed by atoms with Gasteiger partial charge in [0.05, 0.1) is 5.56 Å². The van der Waals surface area contributed by atoms with Gasteiger partial charge in [-0.05, 0) is 38.1 Å². The Morgan fingerprint density at radius 2 is 1.76 bits per heavy atom. The molecule has 3 nitrogen and oxygen atoms in total. The zero-order valence-electron chi connectivity index (χ0n) is 9.55. The van der Waals surface area contributed by atoms with Gasteiger partial charge in [-0.2, -0.15) is 13.2 Å². The first-order chi connectivity index (χ1) is 7.79. The van der Waals surface area contributed by atoms with E-state index in [-0.39, 0.29) is 12.0 Å². The van der Waals surface area contributed by atoms with Crippen LogP contribution in [0, 0.1) is 0 Å².